The molecule has 28 heavy (non-hydrogen) atoms. The normalized spacial score (nSPS) is 27.1. The molecular formula is C20H28F3N3O2. The van der Waals surface area contributed by atoms with Gasteiger partial charge in [0, 0.05) is 25.6 Å². The van der Waals surface area contributed by atoms with Crippen LogP contribution in [0.25, 0.3) is 0 Å². The van der Waals surface area contributed by atoms with Crippen LogP contribution in [0.1, 0.15) is 45.2 Å². The van der Waals surface area contributed by atoms with Crippen LogP contribution in [0, 0.1) is 23.4 Å². The highest BCUT2D eigenvalue weighted by atomic mass is 19.2. The van der Waals surface area contributed by atoms with E-state index in [0.717, 1.165) is 18.6 Å². The van der Waals surface area contributed by atoms with E-state index in [-0.39, 0.29) is 23.6 Å². The Morgan fingerprint density at radius 1 is 1.25 bits per heavy atom. The van der Waals surface area contributed by atoms with Crippen molar-refractivity contribution in [1.29, 1.82) is 0 Å². The number of ether oxygens (including phenoxy) is 1. The first-order chi connectivity index (χ1) is 13.2. The summed E-state index contributed by atoms with van der Waals surface area (Å²) in [6.45, 7) is 8.46. The van der Waals surface area contributed by atoms with Crippen LogP contribution in [0.5, 0.6) is 0 Å². The lowest BCUT2D eigenvalue weighted by Gasteiger charge is -2.29. The SMILES string of the molecule is CCN1CCC(NC(=O)NCC2CCOC2(C)C)C1c1cc(F)c(F)c(F)c1. The molecule has 3 rings (SSSR count). The molecule has 156 valence electrons. The van der Waals surface area contributed by atoms with E-state index in [1.165, 1.54) is 0 Å². The molecule has 2 aliphatic rings. The third-order valence-electron chi connectivity index (χ3n) is 6.00. The maximum Gasteiger partial charge on any atom is 0.315 e. The Kier molecular flexibility index (Phi) is 6.19. The zero-order chi connectivity index (χ0) is 20.5. The topological polar surface area (TPSA) is 53.6 Å². The lowest BCUT2D eigenvalue weighted by atomic mass is 9.91. The van der Waals surface area contributed by atoms with E-state index in [0.29, 0.717) is 38.2 Å². The van der Waals surface area contributed by atoms with Crippen LogP contribution in [0.2, 0.25) is 0 Å². The van der Waals surface area contributed by atoms with E-state index in [2.05, 4.69) is 10.6 Å². The Labute approximate surface area is 163 Å². The maximum atomic E-state index is 13.7. The largest absolute Gasteiger partial charge is 0.375 e. The lowest BCUT2D eigenvalue weighted by Crippen LogP contribution is -2.47. The number of likely N-dealkylation sites (tertiary alicyclic amines) is 1. The summed E-state index contributed by atoms with van der Waals surface area (Å²) in [5.41, 5.74) is 0.0529. The van der Waals surface area contributed by atoms with Gasteiger partial charge in [-0.15, -0.1) is 0 Å². The Morgan fingerprint density at radius 2 is 1.93 bits per heavy atom. The summed E-state index contributed by atoms with van der Waals surface area (Å²) in [7, 11) is 0. The van der Waals surface area contributed by atoms with Crippen LogP contribution in [-0.2, 0) is 4.74 Å². The fourth-order valence-electron chi connectivity index (χ4n) is 4.26. The van der Waals surface area contributed by atoms with Crippen LogP contribution in [0.15, 0.2) is 12.1 Å². The molecular weight excluding hydrogens is 371 g/mol. The van der Waals surface area contributed by atoms with Gasteiger partial charge in [-0.2, -0.15) is 0 Å². The Morgan fingerprint density at radius 3 is 2.50 bits per heavy atom. The summed E-state index contributed by atoms with van der Waals surface area (Å²) in [6.07, 6.45) is 1.53. The molecule has 0 saturated carbocycles. The molecule has 0 bridgehead atoms. The summed E-state index contributed by atoms with van der Waals surface area (Å²) in [6, 6.07) is 0.978. The zero-order valence-corrected chi connectivity index (χ0v) is 16.5. The molecule has 3 unspecified atom stereocenters. The van der Waals surface area contributed by atoms with Crippen LogP contribution in [0.4, 0.5) is 18.0 Å². The van der Waals surface area contributed by atoms with Crippen LogP contribution in [0.3, 0.4) is 0 Å². The molecule has 1 aromatic carbocycles. The minimum atomic E-state index is -1.48. The molecule has 2 aliphatic heterocycles. The van der Waals surface area contributed by atoms with Crippen LogP contribution in [-0.4, -0.2) is 48.8 Å². The minimum absolute atomic E-state index is 0.227. The van der Waals surface area contributed by atoms with Gasteiger partial charge in [-0.05, 0) is 50.9 Å². The number of benzene rings is 1. The van der Waals surface area contributed by atoms with Gasteiger partial charge < -0.3 is 15.4 Å². The number of nitrogens with zero attached hydrogens (tertiary/aromatic N) is 1. The van der Waals surface area contributed by atoms with Crippen LogP contribution < -0.4 is 10.6 Å². The molecule has 0 radical (unpaired) electrons. The molecule has 2 fully saturated rings. The summed E-state index contributed by atoms with van der Waals surface area (Å²) >= 11 is 0. The molecule has 0 spiro atoms. The van der Waals surface area contributed by atoms with Gasteiger partial charge in [0.25, 0.3) is 0 Å². The fourth-order valence-corrected chi connectivity index (χ4v) is 4.26. The second kappa shape index (κ2) is 8.29. The van der Waals surface area contributed by atoms with Gasteiger partial charge in [-0.25, -0.2) is 18.0 Å². The number of hydrogen-bond donors (Lipinski definition) is 2. The van der Waals surface area contributed by atoms with Gasteiger partial charge >= 0.3 is 6.03 Å². The average Bonchev–Trinajstić information content (AvgIpc) is 3.19. The molecule has 5 nitrogen and oxygen atoms in total. The highest BCUT2D eigenvalue weighted by Gasteiger charge is 2.38. The van der Waals surface area contributed by atoms with Crippen LogP contribution >= 0.6 is 0 Å². The molecule has 2 saturated heterocycles. The Hall–Kier alpha value is -1.80. The second-order valence-corrected chi connectivity index (χ2v) is 8.06. The average molecular weight is 399 g/mol. The third kappa shape index (κ3) is 4.27. The highest BCUT2D eigenvalue weighted by Crippen LogP contribution is 2.34. The molecule has 2 heterocycles. The van der Waals surface area contributed by atoms with Gasteiger partial charge in [0.05, 0.1) is 17.7 Å². The number of carbonyl (C=O) groups is 1. The standard InChI is InChI=1S/C20H28F3N3O2/c1-4-26-7-5-16(18(26)12-9-14(21)17(23)15(22)10-12)25-19(27)24-11-13-6-8-28-20(13,2)3/h9-10,13,16,18H,4-8,11H2,1-3H3,(H2,24,25,27). The molecule has 0 aliphatic carbocycles. The van der Waals surface area contributed by atoms with Crippen molar-refractivity contribution in [3.8, 4) is 0 Å². The van der Waals surface area contributed by atoms with E-state index in [1.807, 2.05) is 25.7 Å². The summed E-state index contributed by atoms with van der Waals surface area (Å²) in [5.74, 6) is -3.69. The van der Waals surface area contributed by atoms with Gasteiger partial charge in [0.2, 0.25) is 0 Å². The lowest BCUT2D eigenvalue weighted by molar-refractivity contribution is 0.0120. The molecule has 8 heteroatoms. The van der Waals surface area contributed by atoms with Crippen molar-refractivity contribution in [3.63, 3.8) is 0 Å². The highest BCUT2D eigenvalue weighted by molar-refractivity contribution is 5.74. The van der Waals surface area contributed by atoms with Gasteiger partial charge in [-0.3, -0.25) is 4.90 Å². The van der Waals surface area contributed by atoms with Crippen molar-refractivity contribution in [1.82, 2.24) is 15.5 Å². The number of hydrogen-bond acceptors (Lipinski definition) is 3. The van der Waals surface area contributed by atoms with Crippen molar-refractivity contribution in [2.75, 3.05) is 26.2 Å². The maximum absolute atomic E-state index is 13.7. The predicted octanol–water partition coefficient (Wildman–Crippen LogP) is 3.35. The predicted molar refractivity (Wildman–Crippen MR) is 99.4 cm³/mol. The first kappa shape index (κ1) is 20.9. The molecule has 0 aromatic heterocycles. The number of halogens is 3. The number of urea groups is 1. The van der Waals surface area contributed by atoms with E-state index in [1.54, 1.807) is 0 Å². The van der Waals surface area contributed by atoms with Crippen molar-refractivity contribution < 1.29 is 22.7 Å². The van der Waals surface area contributed by atoms with Crippen molar-refractivity contribution in [2.24, 2.45) is 5.92 Å². The van der Waals surface area contributed by atoms with E-state index in [4.69, 9.17) is 4.74 Å². The van der Waals surface area contributed by atoms with Crippen molar-refractivity contribution in [3.05, 3.63) is 35.1 Å². The van der Waals surface area contributed by atoms with Crippen molar-refractivity contribution in [2.45, 2.75) is 51.3 Å². The number of carbonyl (C=O) groups excluding carboxylic acids is 1. The minimum Gasteiger partial charge on any atom is -0.375 e. The quantitative estimate of drug-likeness (QED) is 0.747. The summed E-state index contributed by atoms with van der Waals surface area (Å²) in [4.78, 5) is 14.5. The summed E-state index contributed by atoms with van der Waals surface area (Å²) in [5, 5.41) is 5.81. The summed E-state index contributed by atoms with van der Waals surface area (Å²) < 4.78 is 46.5. The van der Waals surface area contributed by atoms with E-state index < -0.39 is 23.5 Å². The first-order valence-corrected chi connectivity index (χ1v) is 9.79. The van der Waals surface area contributed by atoms with Gasteiger partial charge in [0.15, 0.2) is 17.5 Å². The fraction of sp³-hybridized carbons (Fsp3) is 0.650. The first-order valence-electron chi connectivity index (χ1n) is 9.79. The number of likely N-dealkylation sites (N-methyl/N-ethyl adjacent to an activating group) is 1. The third-order valence-corrected chi connectivity index (χ3v) is 6.00. The zero-order valence-electron chi connectivity index (χ0n) is 16.5. The number of rotatable bonds is 5. The van der Waals surface area contributed by atoms with Crippen molar-refractivity contribution >= 4 is 6.03 Å². The molecule has 2 N–H and O–H groups in total. The smallest absolute Gasteiger partial charge is 0.315 e. The Balaban J connectivity index is 1.67. The van der Waals surface area contributed by atoms with E-state index in [9.17, 15) is 18.0 Å². The number of amides is 2. The number of nitrogens with one attached hydrogen (secondary N) is 2. The monoisotopic (exact) mass is 399 g/mol. The molecule has 2 amide bonds. The van der Waals surface area contributed by atoms with Gasteiger partial charge in [0.1, 0.15) is 0 Å². The van der Waals surface area contributed by atoms with E-state index >= 15 is 0 Å². The van der Waals surface area contributed by atoms with Gasteiger partial charge in [-0.1, -0.05) is 6.92 Å². The molecule has 3 atom stereocenters. The Bertz CT molecular complexity index is 706. The second-order valence-electron chi connectivity index (χ2n) is 8.06. The molecule has 1 aromatic rings.